The Morgan fingerprint density at radius 3 is 2.45 bits per heavy atom. The maximum atomic E-state index is 14.7. The van der Waals surface area contributed by atoms with Gasteiger partial charge in [0.1, 0.15) is 29.9 Å². The zero-order valence-electron chi connectivity index (χ0n) is 30.8. The highest BCUT2D eigenvalue weighted by Gasteiger charge is 2.39. The molecular formula is C38H36ClF3N8O4S. The van der Waals surface area contributed by atoms with Gasteiger partial charge in [0.25, 0.3) is 5.56 Å². The van der Waals surface area contributed by atoms with Crippen LogP contribution in [0.4, 0.5) is 18.9 Å². The van der Waals surface area contributed by atoms with Gasteiger partial charge >= 0.3 is 12.1 Å². The molecule has 0 bridgehead atoms. The second-order valence-electron chi connectivity index (χ2n) is 14.4. The number of esters is 1. The highest BCUT2D eigenvalue weighted by molar-refractivity contribution is 7.18. The second kappa shape index (κ2) is 14.1. The summed E-state index contributed by atoms with van der Waals surface area (Å²) in [7, 11) is 1.87. The van der Waals surface area contributed by atoms with Gasteiger partial charge in [-0.2, -0.15) is 27.9 Å². The van der Waals surface area contributed by atoms with Crippen molar-refractivity contribution in [2.24, 2.45) is 0 Å². The number of nitrogens with zero attached hydrogens (tertiary/aromatic N) is 8. The predicted octanol–water partition coefficient (Wildman–Crippen LogP) is 7.27. The van der Waals surface area contributed by atoms with Crippen LogP contribution in [0.2, 0.25) is 5.02 Å². The van der Waals surface area contributed by atoms with Gasteiger partial charge in [-0.25, -0.2) is 4.79 Å². The van der Waals surface area contributed by atoms with Crippen molar-refractivity contribution < 1.29 is 27.4 Å². The zero-order chi connectivity index (χ0) is 39.6. The first kappa shape index (κ1) is 38.1. The number of aromatic nitrogens is 5. The van der Waals surface area contributed by atoms with Crippen LogP contribution in [-0.4, -0.2) is 80.5 Å². The third kappa shape index (κ3) is 7.19. The van der Waals surface area contributed by atoms with Gasteiger partial charge in [-0.05, 0) is 72.0 Å². The van der Waals surface area contributed by atoms with Crippen LogP contribution in [0.15, 0.2) is 40.5 Å². The molecule has 1 aliphatic heterocycles. The van der Waals surface area contributed by atoms with Crippen molar-refractivity contribution in [1.82, 2.24) is 29.0 Å². The van der Waals surface area contributed by atoms with E-state index in [1.807, 2.05) is 31.0 Å². The number of piperazine rings is 1. The molecule has 2 aromatic carbocycles. The SMILES string of the molecule is Cc1cc(-c2cc(Cl)ccc2OCCn2c(=O)c3c(C#N)c(N4CCN(C)CC4)c(C(F)(F)F)cc3n3nc(C)nc23)c2scc(C(=O)OC(C)(C)C)c2n1. The van der Waals surface area contributed by atoms with Crippen molar-refractivity contribution in [3.63, 3.8) is 0 Å². The number of likely N-dealkylation sites (N-methyl/N-ethyl adjacent to an activating group) is 1. The van der Waals surface area contributed by atoms with Gasteiger partial charge in [0.2, 0.25) is 5.78 Å². The standard InChI is InChI=1S/C38H36ClF3N8O4S/c1-20-15-24(33-31(44-20)26(19-55-33)35(52)54-37(3,4)5)23-16-22(39)7-8-29(23)53-14-13-49-34(51)30-25(18-43)32(48-11-9-47(6)10-12-48)27(38(40,41)42)17-28(30)50-36(49)45-21(2)46-50/h7-8,15-17,19H,9-14H2,1-6H3. The first-order chi connectivity index (χ1) is 25.9. The fraction of sp³-hybridized carbons (Fsp3) is 0.368. The van der Waals surface area contributed by atoms with Gasteiger partial charge in [0.05, 0.1) is 50.0 Å². The van der Waals surface area contributed by atoms with E-state index in [0.29, 0.717) is 56.5 Å². The van der Waals surface area contributed by atoms with Crippen LogP contribution in [-0.2, 0) is 17.5 Å². The van der Waals surface area contributed by atoms with Gasteiger partial charge in [0.15, 0.2) is 0 Å². The minimum absolute atomic E-state index is 0.000911. The number of rotatable bonds is 7. The average molecular weight is 793 g/mol. The molecule has 0 spiro atoms. The third-order valence-corrected chi connectivity index (χ3v) is 10.5. The number of hydrogen-bond acceptors (Lipinski definition) is 11. The Kier molecular flexibility index (Phi) is 9.77. The van der Waals surface area contributed by atoms with E-state index in [1.165, 1.54) is 25.3 Å². The number of fused-ring (bicyclic) bond motifs is 4. The van der Waals surface area contributed by atoms with E-state index >= 15 is 0 Å². The Labute approximate surface area is 322 Å². The molecule has 6 aromatic rings. The zero-order valence-corrected chi connectivity index (χ0v) is 32.4. The molecule has 4 aromatic heterocycles. The summed E-state index contributed by atoms with van der Waals surface area (Å²) in [6, 6.07) is 9.78. The van der Waals surface area contributed by atoms with Crippen molar-refractivity contribution in [1.29, 1.82) is 5.26 Å². The fourth-order valence-corrected chi connectivity index (χ4v) is 7.97. The quantitative estimate of drug-likeness (QED) is 0.152. The van der Waals surface area contributed by atoms with Gasteiger partial charge in [-0.3, -0.25) is 14.3 Å². The maximum absolute atomic E-state index is 14.7. The molecule has 5 heterocycles. The fourth-order valence-electron chi connectivity index (χ4n) is 6.79. The Bertz CT molecular complexity index is 2610. The summed E-state index contributed by atoms with van der Waals surface area (Å²) >= 11 is 7.83. The van der Waals surface area contributed by atoms with Gasteiger partial charge < -0.3 is 19.3 Å². The molecule has 0 atom stereocenters. The normalized spacial score (nSPS) is 14.2. The first-order valence-corrected chi connectivity index (χ1v) is 18.6. The average Bonchev–Trinajstić information content (AvgIpc) is 3.71. The summed E-state index contributed by atoms with van der Waals surface area (Å²) in [6.45, 7) is 10.0. The van der Waals surface area contributed by atoms with Crippen molar-refractivity contribution in [3.8, 4) is 22.9 Å². The molecule has 0 unspecified atom stereocenters. The number of benzene rings is 2. The van der Waals surface area contributed by atoms with E-state index in [0.717, 1.165) is 6.07 Å². The van der Waals surface area contributed by atoms with Crippen LogP contribution in [0, 0.1) is 25.2 Å². The summed E-state index contributed by atoms with van der Waals surface area (Å²) in [6.07, 6.45) is -4.82. The van der Waals surface area contributed by atoms with Crippen molar-refractivity contribution in [3.05, 3.63) is 79.3 Å². The first-order valence-electron chi connectivity index (χ1n) is 17.4. The summed E-state index contributed by atoms with van der Waals surface area (Å²) in [4.78, 5) is 40.0. The summed E-state index contributed by atoms with van der Waals surface area (Å²) in [5.41, 5.74) is -0.501. The molecule has 0 saturated carbocycles. The van der Waals surface area contributed by atoms with Crippen molar-refractivity contribution in [2.45, 2.75) is 52.9 Å². The molecule has 286 valence electrons. The summed E-state index contributed by atoms with van der Waals surface area (Å²) in [5.74, 6) is 0.136. The largest absolute Gasteiger partial charge is 0.491 e. The molecule has 1 aliphatic rings. The molecule has 0 radical (unpaired) electrons. The predicted molar refractivity (Wildman–Crippen MR) is 204 cm³/mol. The number of alkyl halides is 3. The van der Waals surface area contributed by atoms with Crippen LogP contribution in [0.5, 0.6) is 5.75 Å². The third-order valence-electron chi connectivity index (χ3n) is 9.21. The van der Waals surface area contributed by atoms with Gasteiger partial charge in [-0.15, -0.1) is 16.4 Å². The lowest BCUT2D eigenvalue weighted by molar-refractivity contribution is -0.137. The number of ether oxygens (including phenoxy) is 2. The van der Waals surface area contributed by atoms with E-state index in [1.54, 1.807) is 51.3 Å². The van der Waals surface area contributed by atoms with Crippen molar-refractivity contribution in [2.75, 3.05) is 44.7 Å². The van der Waals surface area contributed by atoms with Crippen LogP contribution in [0.3, 0.4) is 0 Å². The number of nitriles is 1. The molecular weight excluding hydrogens is 757 g/mol. The number of anilines is 1. The van der Waals surface area contributed by atoms with Gasteiger partial charge in [-0.1, -0.05) is 11.6 Å². The smallest absolute Gasteiger partial charge is 0.418 e. The lowest BCUT2D eigenvalue weighted by atomic mass is 10.00. The number of aryl methyl sites for hydroxylation is 2. The van der Waals surface area contributed by atoms with Crippen LogP contribution in [0.1, 0.15) is 53.8 Å². The Morgan fingerprint density at radius 1 is 1.05 bits per heavy atom. The number of carbonyl (C=O) groups excluding carboxylic acids is 1. The van der Waals surface area contributed by atoms with E-state index < -0.39 is 28.9 Å². The van der Waals surface area contributed by atoms with E-state index in [9.17, 15) is 28.0 Å². The molecule has 1 fully saturated rings. The Hall–Kier alpha value is -5.24. The monoisotopic (exact) mass is 792 g/mol. The highest BCUT2D eigenvalue weighted by atomic mass is 35.5. The van der Waals surface area contributed by atoms with Crippen LogP contribution in [0.25, 0.3) is 38.0 Å². The Morgan fingerprint density at radius 2 is 1.78 bits per heavy atom. The maximum Gasteiger partial charge on any atom is 0.418 e. The highest BCUT2D eigenvalue weighted by Crippen LogP contribution is 2.43. The number of thiophene rings is 1. The summed E-state index contributed by atoms with van der Waals surface area (Å²) in [5, 5.41) is 16.7. The molecule has 1 saturated heterocycles. The molecule has 0 amide bonds. The summed E-state index contributed by atoms with van der Waals surface area (Å²) < 4.78 is 59.2. The van der Waals surface area contributed by atoms with Crippen LogP contribution >= 0.6 is 22.9 Å². The van der Waals surface area contributed by atoms with Crippen molar-refractivity contribution >= 4 is 61.5 Å². The second-order valence-corrected chi connectivity index (χ2v) is 15.7. The molecule has 55 heavy (non-hydrogen) atoms. The molecule has 0 aliphatic carbocycles. The number of pyridine rings is 1. The molecule has 0 N–H and O–H groups in total. The van der Waals surface area contributed by atoms with Gasteiger partial charge in [0, 0.05) is 53.4 Å². The lowest BCUT2D eigenvalue weighted by Crippen LogP contribution is -2.45. The lowest BCUT2D eigenvalue weighted by Gasteiger charge is -2.36. The van der Waals surface area contributed by atoms with Crippen LogP contribution < -0.4 is 15.2 Å². The van der Waals surface area contributed by atoms with E-state index in [-0.39, 0.29) is 60.0 Å². The minimum atomic E-state index is -4.82. The van der Waals surface area contributed by atoms with E-state index in [2.05, 4.69) is 15.1 Å². The minimum Gasteiger partial charge on any atom is -0.491 e. The number of halogens is 4. The molecule has 7 rings (SSSR count). The number of hydrogen-bond donors (Lipinski definition) is 0. The van der Waals surface area contributed by atoms with E-state index in [4.69, 9.17) is 21.1 Å². The number of carbonyl (C=O) groups is 1. The Balaban J connectivity index is 1.30. The molecule has 17 heteroatoms. The topological polar surface area (TPSA) is 131 Å². The molecule has 12 nitrogen and oxygen atoms in total.